The maximum Gasteiger partial charge on any atom is 0.231 e. The number of benzene rings is 2. The summed E-state index contributed by atoms with van der Waals surface area (Å²) in [6.07, 6.45) is 1.38. The van der Waals surface area contributed by atoms with E-state index >= 15 is 0 Å². The van der Waals surface area contributed by atoms with Crippen molar-refractivity contribution < 1.29 is 19.0 Å². The van der Waals surface area contributed by atoms with Gasteiger partial charge in [-0.3, -0.25) is 4.79 Å². The van der Waals surface area contributed by atoms with E-state index in [4.69, 9.17) is 14.2 Å². The van der Waals surface area contributed by atoms with E-state index in [1.54, 1.807) is 0 Å². The summed E-state index contributed by atoms with van der Waals surface area (Å²) in [7, 11) is 0. The van der Waals surface area contributed by atoms with Crippen molar-refractivity contribution in [2.24, 2.45) is 5.41 Å². The lowest BCUT2D eigenvalue weighted by molar-refractivity contribution is -0.145. The molecule has 0 bridgehead atoms. The van der Waals surface area contributed by atoms with Crippen LogP contribution in [0.4, 0.5) is 0 Å². The molecule has 5 rings (SSSR count). The fourth-order valence-electron chi connectivity index (χ4n) is 3.96. The average molecular weight is 337 g/mol. The number of para-hydroxylation sites is 1. The number of hydrogen-bond acceptors (Lipinski definition) is 4. The highest BCUT2D eigenvalue weighted by Gasteiger charge is 2.47. The Morgan fingerprint density at radius 2 is 1.84 bits per heavy atom. The van der Waals surface area contributed by atoms with Crippen molar-refractivity contribution in [1.29, 1.82) is 0 Å². The molecule has 0 aromatic heterocycles. The zero-order chi connectivity index (χ0) is 16.9. The van der Waals surface area contributed by atoms with Gasteiger partial charge in [-0.2, -0.15) is 0 Å². The molecule has 1 fully saturated rings. The van der Waals surface area contributed by atoms with Crippen molar-refractivity contribution in [1.82, 2.24) is 4.90 Å². The van der Waals surface area contributed by atoms with E-state index in [0.29, 0.717) is 13.0 Å². The van der Waals surface area contributed by atoms with Gasteiger partial charge in [-0.25, -0.2) is 0 Å². The molecule has 0 radical (unpaired) electrons. The molecule has 1 saturated heterocycles. The second kappa shape index (κ2) is 5.41. The molecule has 3 aliphatic heterocycles. The Bertz CT molecular complexity index is 841. The highest BCUT2D eigenvalue weighted by atomic mass is 16.7. The van der Waals surface area contributed by atoms with E-state index in [9.17, 15) is 4.79 Å². The monoisotopic (exact) mass is 337 g/mol. The van der Waals surface area contributed by atoms with Crippen LogP contribution in [0.25, 0.3) is 0 Å². The minimum atomic E-state index is 0.0822. The zero-order valence-electron chi connectivity index (χ0n) is 13.9. The van der Waals surface area contributed by atoms with Gasteiger partial charge in [0, 0.05) is 18.5 Å². The predicted molar refractivity (Wildman–Crippen MR) is 90.9 cm³/mol. The lowest BCUT2D eigenvalue weighted by Gasteiger charge is -2.52. The van der Waals surface area contributed by atoms with Crippen LogP contribution < -0.4 is 14.2 Å². The van der Waals surface area contributed by atoms with Crippen molar-refractivity contribution in [2.75, 3.05) is 26.5 Å². The fourth-order valence-corrected chi connectivity index (χ4v) is 3.96. The largest absolute Gasteiger partial charge is 0.493 e. The average Bonchev–Trinajstić information content (AvgIpc) is 3.07. The number of carbonyl (C=O) groups is 1. The summed E-state index contributed by atoms with van der Waals surface area (Å²) in [6.45, 7) is 2.48. The molecule has 1 spiro atoms. The van der Waals surface area contributed by atoms with Crippen molar-refractivity contribution in [2.45, 2.75) is 12.8 Å². The smallest absolute Gasteiger partial charge is 0.231 e. The Labute approximate surface area is 146 Å². The number of hydrogen-bond donors (Lipinski definition) is 0. The Hall–Kier alpha value is -2.69. The van der Waals surface area contributed by atoms with Gasteiger partial charge < -0.3 is 19.1 Å². The van der Waals surface area contributed by atoms with E-state index in [0.717, 1.165) is 42.3 Å². The second-order valence-electron chi connectivity index (χ2n) is 7.19. The van der Waals surface area contributed by atoms with Crippen molar-refractivity contribution in [3.63, 3.8) is 0 Å². The first kappa shape index (κ1) is 14.6. The van der Waals surface area contributed by atoms with Crippen LogP contribution in [0.1, 0.15) is 11.1 Å². The molecule has 25 heavy (non-hydrogen) atoms. The molecule has 0 unspecified atom stereocenters. The van der Waals surface area contributed by atoms with E-state index in [-0.39, 0.29) is 18.1 Å². The van der Waals surface area contributed by atoms with Gasteiger partial charge in [-0.1, -0.05) is 24.3 Å². The van der Waals surface area contributed by atoms with Gasteiger partial charge in [0.25, 0.3) is 0 Å². The maximum atomic E-state index is 12.6. The molecule has 1 amide bonds. The summed E-state index contributed by atoms with van der Waals surface area (Å²) >= 11 is 0. The van der Waals surface area contributed by atoms with Gasteiger partial charge >= 0.3 is 0 Å². The van der Waals surface area contributed by atoms with E-state index in [1.165, 1.54) is 5.56 Å². The molecule has 5 heteroatoms. The Morgan fingerprint density at radius 1 is 1.00 bits per heavy atom. The number of likely N-dealkylation sites (tertiary alicyclic amines) is 1. The molecular formula is C20H19NO4. The SMILES string of the molecule is O=C(Cc1ccc2c(c1)OCO2)N1CC2(COc3ccccc3C2)C1. The van der Waals surface area contributed by atoms with Crippen molar-refractivity contribution in [3.05, 3.63) is 53.6 Å². The Balaban J connectivity index is 1.23. The lowest BCUT2D eigenvalue weighted by atomic mass is 9.74. The number of carbonyl (C=O) groups excluding carboxylic acids is 1. The summed E-state index contributed by atoms with van der Waals surface area (Å²) in [5.74, 6) is 2.61. The first-order chi connectivity index (χ1) is 12.2. The van der Waals surface area contributed by atoms with E-state index in [1.807, 2.05) is 41.3 Å². The van der Waals surface area contributed by atoms with Gasteiger partial charge in [0.05, 0.1) is 13.0 Å². The minimum absolute atomic E-state index is 0.0822. The van der Waals surface area contributed by atoms with Crippen LogP contribution in [-0.4, -0.2) is 37.3 Å². The molecular weight excluding hydrogens is 318 g/mol. The first-order valence-electron chi connectivity index (χ1n) is 8.58. The van der Waals surface area contributed by atoms with Gasteiger partial charge in [-0.05, 0) is 35.7 Å². The van der Waals surface area contributed by atoms with Crippen molar-refractivity contribution >= 4 is 5.91 Å². The predicted octanol–water partition coefficient (Wildman–Crippen LogP) is 2.42. The van der Waals surface area contributed by atoms with Gasteiger partial charge in [0.1, 0.15) is 5.75 Å². The number of fused-ring (bicyclic) bond motifs is 2. The Morgan fingerprint density at radius 3 is 2.76 bits per heavy atom. The lowest BCUT2D eigenvalue weighted by Crippen LogP contribution is -2.63. The summed E-state index contributed by atoms with van der Waals surface area (Å²) in [5.41, 5.74) is 2.29. The third-order valence-electron chi connectivity index (χ3n) is 5.27. The highest BCUT2D eigenvalue weighted by Crippen LogP contribution is 2.41. The van der Waals surface area contributed by atoms with Gasteiger partial charge in [-0.15, -0.1) is 0 Å². The van der Waals surface area contributed by atoms with Crippen LogP contribution >= 0.6 is 0 Å². The molecule has 3 aliphatic rings. The molecule has 0 aliphatic carbocycles. The maximum absolute atomic E-state index is 12.6. The van der Waals surface area contributed by atoms with Crippen LogP contribution in [0.2, 0.25) is 0 Å². The summed E-state index contributed by atoms with van der Waals surface area (Å²) in [5, 5.41) is 0. The summed E-state index contributed by atoms with van der Waals surface area (Å²) in [4.78, 5) is 14.5. The highest BCUT2D eigenvalue weighted by molar-refractivity contribution is 5.80. The zero-order valence-corrected chi connectivity index (χ0v) is 13.9. The quantitative estimate of drug-likeness (QED) is 0.844. The second-order valence-corrected chi connectivity index (χ2v) is 7.19. The molecule has 2 aromatic rings. The molecule has 5 nitrogen and oxygen atoms in total. The van der Waals surface area contributed by atoms with Crippen LogP contribution in [0, 0.1) is 5.41 Å². The Kier molecular flexibility index (Phi) is 3.17. The van der Waals surface area contributed by atoms with Gasteiger partial charge in [0.2, 0.25) is 12.7 Å². The number of rotatable bonds is 2. The van der Waals surface area contributed by atoms with Crippen LogP contribution in [0.5, 0.6) is 17.2 Å². The molecule has 3 heterocycles. The number of amides is 1. The van der Waals surface area contributed by atoms with E-state index in [2.05, 4.69) is 6.07 Å². The normalized spacial score (nSPS) is 19.1. The van der Waals surface area contributed by atoms with Crippen LogP contribution in [-0.2, 0) is 17.6 Å². The van der Waals surface area contributed by atoms with Crippen molar-refractivity contribution in [3.8, 4) is 17.2 Å². The molecule has 0 saturated carbocycles. The topological polar surface area (TPSA) is 48.0 Å². The van der Waals surface area contributed by atoms with Crippen LogP contribution in [0.3, 0.4) is 0 Å². The minimum Gasteiger partial charge on any atom is -0.493 e. The standard InChI is InChI=1S/C20H19NO4/c22-19(8-14-5-6-17-18(7-14)25-13-24-17)21-10-20(11-21)9-15-3-1-2-4-16(15)23-12-20/h1-7H,8-13H2. The third-order valence-corrected chi connectivity index (χ3v) is 5.27. The molecule has 2 aromatic carbocycles. The molecule has 0 N–H and O–H groups in total. The first-order valence-corrected chi connectivity index (χ1v) is 8.58. The summed E-state index contributed by atoms with van der Waals surface area (Å²) in [6, 6.07) is 13.9. The molecule has 128 valence electrons. The van der Waals surface area contributed by atoms with E-state index < -0.39 is 0 Å². The summed E-state index contributed by atoms with van der Waals surface area (Å²) < 4.78 is 16.6. The van der Waals surface area contributed by atoms with Gasteiger partial charge in [0.15, 0.2) is 11.5 Å². The number of ether oxygens (including phenoxy) is 3. The fraction of sp³-hybridized carbons (Fsp3) is 0.350. The number of nitrogens with zero attached hydrogens (tertiary/aromatic N) is 1. The molecule has 0 atom stereocenters. The van der Waals surface area contributed by atoms with Crippen LogP contribution in [0.15, 0.2) is 42.5 Å². The third kappa shape index (κ3) is 2.51.